The summed E-state index contributed by atoms with van der Waals surface area (Å²) in [6.07, 6.45) is 6.19. The molecule has 102 valence electrons. The van der Waals surface area contributed by atoms with Crippen molar-refractivity contribution in [2.24, 2.45) is 5.73 Å². The maximum Gasteiger partial charge on any atom is 0.149 e. The van der Waals surface area contributed by atoms with Gasteiger partial charge in [-0.2, -0.15) is 0 Å². The van der Waals surface area contributed by atoms with Crippen molar-refractivity contribution in [3.05, 3.63) is 18.2 Å². The fourth-order valence-corrected chi connectivity index (χ4v) is 2.32. The lowest BCUT2D eigenvalue weighted by atomic mass is 10.0. The summed E-state index contributed by atoms with van der Waals surface area (Å²) in [5.74, 6) is 0.0777. The highest BCUT2D eigenvalue weighted by Gasteiger charge is 2.14. The molecule has 0 spiro atoms. The number of nitrogens with zero attached hydrogens (tertiary/aromatic N) is 1. The Morgan fingerprint density at radius 1 is 1.50 bits per heavy atom. The van der Waals surface area contributed by atoms with Crippen LogP contribution >= 0.6 is 0 Å². The molecule has 0 amide bonds. The molecule has 0 bridgehead atoms. The van der Waals surface area contributed by atoms with Gasteiger partial charge in [-0.1, -0.05) is 0 Å². The molecule has 0 aliphatic rings. The minimum Gasteiger partial charge on any atom is -0.348 e. The molecular weight excluding hydrogens is 254 g/mol. The summed E-state index contributed by atoms with van der Waals surface area (Å²) in [6.45, 7) is 0. The lowest BCUT2D eigenvalue weighted by molar-refractivity contribution is -0.120. The third kappa shape index (κ3) is 5.92. The lowest BCUT2D eigenvalue weighted by Crippen LogP contribution is -2.32. The molecule has 3 N–H and O–H groups in total. The molecule has 0 aromatic carbocycles. The fourth-order valence-electron chi connectivity index (χ4n) is 1.60. The standard InChI is InChI=1S/C11H19N3O3S/c1-18(16,17)5-3-2-4-11(15)10(12)6-9-7-13-8-14-9/h7-8,10H,2-6,12H2,1H3,(H,13,14)/t10-/m0/s1. The second-order valence-corrected chi connectivity index (χ2v) is 6.70. The Morgan fingerprint density at radius 3 is 2.78 bits per heavy atom. The number of nitrogens with one attached hydrogen (secondary N) is 1. The van der Waals surface area contributed by atoms with Gasteiger partial charge in [0.1, 0.15) is 15.6 Å². The van der Waals surface area contributed by atoms with Gasteiger partial charge in [-0.3, -0.25) is 4.79 Å². The number of aromatic amines is 1. The predicted molar refractivity (Wildman–Crippen MR) is 68.8 cm³/mol. The van der Waals surface area contributed by atoms with Gasteiger partial charge in [0.2, 0.25) is 0 Å². The molecule has 0 radical (unpaired) electrons. The Balaban J connectivity index is 2.24. The normalized spacial score (nSPS) is 13.4. The first-order valence-corrected chi connectivity index (χ1v) is 7.88. The van der Waals surface area contributed by atoms with E-state index in [0.29, 0.717) is 25.7 Å². The van der Waals surface area contributed by atoms with Gasteiger partial charge in [-0.15, -0.1) is 0 Å². The number of hydrogen-bond donors (Lipinski definition) is 2. The first-order chi connectivity index (χ1) is 8.38. The zero-order valence-corrected chi connectivity index (χ0v) is 11.2. The van der Waals surface area contributed by atoms with Crippen molar-refractivity contribution in [3.8, 4) is 0 Å². The molecule has 1 aromatic rings. The number of rotatable bonds is 8. The average Bonchev–Trinajstić information content (AvgIpc) is 2.75. The molecule has 1 rings (SSSR count). The number of hydrogen-bond acceptors (Lipinski definition) is 5. The largest absolute Gasteiger partial charge is 0.348 e. The van der Waals surface area contributed by atoms with Gasteiger partial charge in [0, 0.05) is 36.7 Å². The van der Waals surface area contributed by atoms with Gasteiger partial charge in [-0.05, 0) is 12.8 Å². The summed E-state index contributed by atoms with van der Waals surface area (Å²) >= 11 is 0. The Bertz CT molecular complexity index is 468. The first-order valence-electron chi connectivity index (χ1n) is 5.82. The minimum atomic E-state index is -2.94. The maximum absolute atomic E-state index is 11.7. The number of Topliss-reactive ketones (excluding diaryl/α,β-unsaturated/α-hetero) is 1. The van der Waals surface area contributed by atoms with Crippen molar-refractivity contribution in [1.82, 2.24) is 9.97 Å². The number of H-pyrrole nitrogens is 1. The topological polar surface area (TPSA) is 106 Å². The van der Waals surface area contributed by atoms with Crippen molar-refractivity contribution in [1.29, 1.82) is 0 Å². The third-order valence-corrected chi connectivity index (χ3v) is 3.63. The zero-order chi connectivity index (χ0) is 13.6. The molecule has 7 heteroatoms. The monoisotopic (exact) mass is 273 g/mol. The number of sulfone groups is 1. The van der Waals surface area contributed by atoms with Crippen molar-refractivity contribution in [3.63, 3.8) is 0 Å². The lowest BCUT2D eigenvalue weighted by Gasteiger charge is -2.08. The molecule has 1 atom stereocenters. The number of carbonyl (C=O) groups is 1. The molecule has 0 aliphatic heterocycles. The van der Waals surface area contributed by atoms with Crippen LogP contribution in [0.1, 0.15) is 25.0 Å². The SMILES string of the molecule is CS(=O)(=O)CCCCC(=O)[C@@H](N)Cc1cnc[nH]1. The zero-order valence-electron chi connectivity index (χ0n) is 10.4. The summed E-state index contributed by atoms with van der Waals surface area (Å²) in [5.41, 5.74) is 6.59. The van der Waals surface area contributed by atoms with Gasteiger partial charge in [0.05, 0.1) is 12.4 Å². The number of unbranched alkanes of at least 4 members (excludes halogenated alkanes) is 1. The second-order valence-electron chi connectivity index (χ2n) is 4.44. The van der Waals surface area contributed by atoms with E-state index in [1.165, 1.54) is 6.26 Å². The second kappa shape index (κ2) is 6.65. The van der Waals surface area contributed by atoms with Crippen molar-refractivity contribution in [2.45, 2.75) is 31.7 Å². The predicted octanol–water partition coefficient (Wildman–Crippen LogP) is 0.0635. The van der Waals surface area contributed by atoms with Gasteiger partial charge in [0.25, 0.3) is 0 Å². The van der Waals surface area contributed by atoms with Crippen LogP contribution in [0.5, 0.6) is 0 Å². The van der Waals surface area contributed by atoms with Crippen molar-refractivity contribution in [2.75, 3.05) is 12.0 Å². The highest BCUT2D eigenvalue weighted by atomic mass is 32.2. The van der Waals surface area contributed by atoms with E-state index >= 15 is 0 Å². The van der Waals surface area contributed by atoms with E-state index in [0.717, 1.165) is 5.69 Å². The van der Waals surface area contributed by atoms with E-state index in [2.05, 4.69) is 9.97 Å². The molecule has 1 heterocycles. The summed E-state index contributed by atoms with van der Waals surface area (Å²) in [6, 6.07) is -0.552. The van der Waals surface area contributed by atoms with Gasteiger partial charge in [-0.25, -0.2) is 13.4 Å². The van der Waals surface area contributed by atoms with Gasteiger partial charge < -0.3 is 10.7 Å². The fraction of sp³-hybridized carbons (Fsp3) is 0.636. The molecule has 1 aromatic heterocycles. The minimum absolute atomic E-state index is 0.0434. The molecule has 6 nitrogen and oxygen atoms in total. The smallest absolute Gasteiger partial charge is 0.149 e. The molecule has 0 aliphatic carbocycles. The number of aromatic nitrogens is 2. The van der Waals surface area contributed by atoms with E-state index < -0.39 is 15.9 Å². The van der Waals surface area contributed by atoms with E-state index in [1.54, 1.807) is 12.5 Å². The van der Waals surface area contributed by atoms with Crippen LogP contribution < -0.4 is 5.73 Å². The maximum atomic E-state index is 11.7. The number of nitrogens with two attached hydrogens (primary N) is 1. The average molecular weight is 273 g/mol. The molecule has 0 saturated heterocycles. The van der Waals surface area contributed by atoms with Gasteiger partial charge >= 0.3 is 0 Å². The summed E-state index contributed by atoms with van der Waals surface area (Å²) in [7, 11) is -2.94. The van der Waals surface area contributed by atoms with Crippen LogP contribution in [-0.2, 0) is 21.1 Å². The van der Waals surface area contributed by atoms with Crippen LogP contribution in [0.25, 0.3) is 0 Å². The van der Waals surface area contributed by atoms with Crippen LogP contribution in [0.4, 0.5) is 0 Å². The van der Waals surface area contributed by atoms with Gasteiger partial charge in [0.15, 0.2) is 0 Å². The molecule has 0 unspecified atom stereocenters. The molecule has 18 heavy (non-hydrogen) atoms. The van der Waals surface area contributed by atoms with Crippen LogP contribution in [0, 0.1) is 0 Å². The Kier molecular flexibility index (Phi) is 5.49. The van der Waals surface area contributed by atoms with Crippen LogP contribution in [0.2, 0.25) is 0 Å². The number of imidazole rings is 1. The van der Waals surface area contributed by atoms with E-state index in [-0.39, 0.29) is 11.5 Å². The third-order valence-electron chi connectivity index (χ3n) is 2.60. The number of ketones is 1. The summed E-state index contributed by atoms with van der Waals surface area (Å²) in [4.78, 5) is 18.4. The van der Waals surface area contributed by atoms with Crippen molar-refractivity contribution >= 4 is 15.6 Å². The Hall–Kier alpha value is -1.21. The molecular formula is C11H19N3O3S. The van der Waals surface area contributed by atoms with E-state index in [4.69, 9.17) is 5.73 Å². The quantitative estimate of drug-likeness (QED) is 0.652. The Morgan fingerprint density at radius 2 is 2.22 bits per heavy atom. The van der Waals surface area contributed by atoms with E-state index in [9.17, 15) is 13.2 Å². The molecule has 0 fully saturated rings. The van der Waals surface area contributed by atoms with Crippen LogP contribution in [0.15, 0.2) is 12.5 Å². The summed E-state index contributed by atoms with van der Waals surface area (Å²) < 4.78 is 21.8. The highest BCUT2D eigenvalue weighted by Crippen LogP contribution is 2.04. The highest BCUT2D eigenvalue weighted by molar-refractivity contribution is 7.90. The number of carbonyl (C=O) groups excluding carboxylic acids is 1. The molecule has 0 saturated carbocycles. The Labute approximate surface area is 107 Å². The van der Waals surface area contributed by atoms with Crippen LogP contribution in [0.3, 0.4) is 0 Å². The first kappa shape index (κ1) is 14.8. The van der Waals surface area contributed by atoms with E-state index in [1.807, 2.05) is 0 Å². The summed E-state index contributed by atoms with van der Waals surface area (Å²) in [5, 5.41) is 0. The van der Waals surface area contributed by atoms with Crippen LogP contribution in [-0.4, -0.2) is 42.2 Å². The van der Waals surface area contributed by atoms with Crippen molar-refractivity contribution < 1.29 is 13.2 Å².